The summed E-state index contributed by atoms with van der Waals surface area (Å²) in [5, 5.41) is 6.68. The maximum atomic E-state index is 11.2. The summed E-state index contributed by atoms with van der Waals surface area (Å²) in [5.74, 6) is 0.801. The van der Waals surface area contributed by atoms with Crippen molar-refractivity contribution in [3.05, 3.63) is 0 Å². The first-order valence-corrected chi connectivity index (χ1v) is 9.27. The van der Waals surface area contributed by atoms with Crippen molar-refractivity contribution in [3.63, 3.8) is 0 Å². The third kappa shape index (κ3) is 6.65. The second-order valence-electron chi connectivity index (χ2n) is 6.74. The summed E-state index contributed by atoms with van der Waals surface area (Å²) in [6.07, 6.45) is 6.70. The van der Waals surface area contributed by atoms with Crippen LogP contribution in [0.4, 0.5) is 0 Å². The van der Waals surface area contributed by atoms with Crippen LogP contribution in [0.5, 0.6) is 0 Å². The number of carbonyl (C=O) groups is 1. The molecule has 1 atom stereocenters. The van der Waals surface area contributed by atoms with Gasteiger partial charge in [0.15, 0.2) is 5.96 Å². The SMILES string of the molecule is CN=C(NCCCCN1CCC(C(N)=O)CC1)NCC1CCCO1. The van der Waals surface area contributed by atoms with Crippen molar-refractivity contribution >= 4 is 11.9 Å². The Morgan fingerprint density at radius 2 is 2.04 bits per heavy atom. The van der Waals surface area contributed by atoms with Crippen LogP contribution in [-0.4, -0.2) is 69.2 Å². The van der Waals surface area contributed by atoms with Crippen molar-refractivity contribution in [2.24, 2.45) is 16.6 Å². The number of hydrogen-bond acceptors (Lipinski definition) is 4. The predicted octanol–water partition coefficient (Wildman–Crippen LogP) is 0.308. The zero-order valence-corrected chi connectivity index (χ0v) is 14.9. The van der Waals surface area contributed by atoms with Gasteiger partial charge in [0.2, 0.25) is 5.91 Å². The maximum Gasteiger partial charge on any atom is 0.220 e. The number of rotatable bonds is 8. The number of nitrogens with zero attached hydrogens (tertiary/aromatic N) is 2. The van der Waals surface area contributed by atoms with E-state index in [0.717, 1.165) is 83.8 Å². The lowest BCUT2D eigenvalue weighted by Crippen LogP contribution is -2.41. The van der Waals surface area contributed by atoms with Gasteiger partial charge in [0.1, 0.15) is 0 Å². The lowest BCUT2D eigenvalue weighted by Gasteiger charge is -2.30. The number of primary amides is 1. The molecule has 7 nitrogen and oxygen atoms in total. The fourth-order valence-corrected chi connectivity index (χ4v) is 3.34. The summed E-state index contributed by atoms with van der Waals surface area (Å²) in [6.45, 7) is 5.71. The summed E-state index contributed by atoms with van der Waals surface area (Å²) >= 11 is 0. The van der Waals surface area contributed by atoms with E-state index in [2.05, 4.69) is 20.5 Å². The van der Waals surface area contributed by atoms with Crippen molar-refractivity contribution in [3.8, 4) is 0 Å². The van der Waals surface area contributed by atoms with E-state index in [4.69, 9.17) is 10.5 Å². The number of unbranched alkanes of at least 4 members (excludes halogenated alkanes) is 1. The van der Waals surface area contributed by atoms with Gasteiger partial charge in [-0.3, -0.25) is 9.79 Å². The zero-order chi connectivity index (χ0) is 17.2. The highest BCUT2D eigenvalue weighted by Crippen LogP contribution is 2.16. The standard InChI is InChI=1S/C17H33N5O2/c1-19-17(21-13-15-5-4-12-24-15)20-8-2-3-9-22-10-6-14(7-11-22)16(18)23/h14-15H,2-13H2,1H3,(H2,18,23)(H2,19,20,21). The van der Waals surface area contributed by atoms with Gasteiger partial charge in [-0.15, -0.1) is 0 Å². The predicted molar refractivity (Wildman–Crippen MR) is 95.9 cm³/mol. The fraction of sp³-hybridized carbons (Fsp3) is 0.882. The molecule has 1 amide bonds. The summed E-state index contributed by atoms with van der Waals surface area (Å²) < 4.78 is 5.60. The summed E-state index contributed by atoms with van der Waals surface area (Å²) in [7, 11) is 1.80. The van der Waals surface area contributed by atoms with Crippen molar-refractivity contribution in [1.29, 1.82) is 0 Å². The number of hydrogen-bond donors (Lipinski definition) is 3. The third-order valence-corrected chi connectivity index (χ3v) is 4.93. The average Bonchev–Trinajstić information content (AvgIpc) is 3.11. The molecule has 7 heteroatoms. The minimum absolute atomic E-state index is 0.0844. The quantitative estimate of drug-likeness (QED) is 0.336. The lowest BCUT2D eigenvalue weighted by molar-refractivity contribution is -0.123. The average molecular weight is 339 g/mol. The summed E-state index contributed by atoms with van der Waals surface area (Å²) in [5.41, 5.74) is 5.37. The molecule has 24 heavy (non-hydrogen) atoms. The Hall–Kier alpha value is -1.34. The van der Waals surface area contributed by atoms with E-state index in [-0.39, 0.29) is 11.8 Å². The third-order valence-electron chi connectivity index (χ3n) is 4.93. The molecule has 4 N–H and O–H groups in total. The maximum absolute atomic E-state index is 11.2. The van der Waals surface area contributed by atoms with Gasteiger partial charge in [-0.1, -0.05) is 0 Å². The molecule has 2 heterocycles. The first kappa shape index (κ1) is 19.0. The molecule has 0 aromatic heterocycles. The molecule has 0 bridgehead atoms. The van der Waals surface area contributed by atoms with Gasteiger partial charge in [0.05, 0.1) is 6.10 Å². The van der Waals surface area contributed by atoms with Gasteiger partial charge in [-0.2, -0.15) is 0 Å². The number of guanidine groups is 1. The van der Waals surface area contributed by atoms with Gasteiger partial charge >= 0.3 is 0 Å². The molecule has 0 aliphatic carbocycles. The van der Waals surface area contributed by atoms with Crippen LogP contribution in [-0.2, 0) is 9.53 Å². The number of likely N-dealkylation sites (tertiary alicyclic amines) is 1. The smallest absolute Gasteiger partial charge is 0.220 e. The van der Waals surface area contributed by atoms with Gasteiger partial charge in [0.25, 0.3) is 0 Å². The first-order chi connectivity index (χ1) is 11.7. The highest BCUT2D eigenvalue weighted by Gasteiger charge is 2.22. The zero-order valence-electron chi connectivity index (χ0n) is 14.9. The van der Waals surface area contributed by atoms with Crippen LogP contribution in [0.15, 0.2) is 4.99 Å². The summed E-state index contributed by atoms with van der Waals surface area (Å²) in [6, 6.07) is 0. The molecule has 2 aliphatic rings. The number of carbonyl (C=O) groups excluding carboxylic acids is 1. The van der Waals surface area contributed by atoms with E-state index >= 15 is 0 Å². The Morgan fingerprint density at radius 3 is 2.67 bits per heavy atom. The van der Waals surface area contributed by atoms with Crippen molar-refractivity contribution in [1.82, 2.24) is 15.5 Å². The van der Waals surface area contributed by atoms with Crippen molar-refractivity contribution in [2.75, 3.05) is 46.4 Å². The molecule has 2 saturated heterocycles. The van der Waals surface area contributed by atoms with Gasteiger partial charge in [-0.05, 0) is 58.2 Å². The Bertz CT molecular complexity index is 402. The molecule has 2 aliphatic heterocycles. The van der Waals surface area contributed by atoms with Crippen molar-refractivity contribution in [2.45, 2.75) is 44.6 Å². The molecule has 0 saturated carbocycles. The second-order valence-corrected chi connectivity index (χ2v) is 6.74. The van der Waals surface area contributed by atoms with Crippen molar-refractivity contribution < 1.29 is 9.53 Å². The Labute approximate surface area is 145 Å². The molecule has 0 aromatic rings. The Kier molecular flexibility index (Phi) is 8.32. The molecule has 0 aromatic carbocycles. The highest BCUT2D eigenvalue weighted by atomic mass is 16.5. The number of nitrogens with two attached hydrogens (primary N) is 1. The Morgan fingerprint density at radius 1 is 1.25 bits per heavy atom. The van der Waals surface area contributed by atoms with E-state index in [9.17, 15) is 4.79 Å². The molecule has 2 fully saturated rings. The number of piperidine rings is 1. The van der Waals surface area contributed by atoms with Gasteiger partial charge in [0, 0.05) is 32.7 Å². The van der Waals surface area contributed by atoms with E-state index in [0.29, 0.717) is 6.10 Å². The molecule has 138 valence electrons. The van der Waals surface area contributed by atoms with E-state index in [1.807, 2.05) is 0 Å². The lowest BCUT2D eigenvalue weighted by atomic mass is 9.96. The van der Waals surface area contributed by atoms with Crippen LogP contribution in [0.2, 0.25) is 0 Å². The van der Waals surface area contributed by atoms with Crippen LogP contribution in [0.1, 0.15) is 38.5 Å². The first-order valence-electron chi connectivity index (χ1n) is 9.27. The minimum atomic E-state index is -0.138. The molecule has 0 radical (unpaired) electrons. The largest absolute Gasteiger partial charge is 0.376 e. The van der Waals surface area contributed by atoms with Crippen LogP contribution in [0, 0.1) is 5.92 Å². The van der Waals surface area contributed by atoms with E-state index in [1.54, 1.807) is 7.05 Å². The molecule has 0 spiro atoms. The molecular formula is C17H33N5O2. The molecule has 1 unspecified atom stereocenters. The summed E-state index contributed by atoms with van der Waals surface area (Å²) in [4.78, 5) is 17.8. The van der Waals surface area contributed by atoms with Crippen LogP contribution in [0.3, 0.4) is 0 Å². The highest BCUT2D eigenvalue weighted by molar-refractivity contribution is 5.79. The Balaban J connectivity index is 1.48. The normalized spacial score (nSPS) is 23.4. The minimum Gasteiger partial charge on any atom is -0.376 e. The van der Waals surface area contributed by atoms with Gasteiger partial charge in [-0.25, -0.2) is 0 Å². The van der Waals surface area contributed by atoms with Gasteiger partial charge < -0.3 is 26.0 Å². The topological polar surface area (TPSA) is 92.0 Å². The number of aliphatic imine (C=N–C) groups is 1. The van der Waals surface area contributed by atoms with Crippen LogP contribution >= 0.6 is 0 Å². The molecular weight excluding hydrogens is 306 g/mol. The molecule has 2 rings (SSSR count). The monoisotopic (exact) mass is 339 g/mol. The number of nitrogens with one attached hydrogen (secondary N) is 2. The number of ether oxygens (including phenoxy) is 1. The van der Waals surface area contributed by atoms with E-state index < -0.39 is 0 Å². The second kappa shape index (κ2) is 10.5. The van der Waals surface area contributed by atoms with Crippen LogP contribution in [0.25, 0.3) is 0 Å². The number of amides is 1. The van der Waals surface area contributed by atoms with E-state index in [1.165, 1.54) is 0 Å². The van der Waals surface area contributed by atoms with Crippen LogP contribution < -0.4 is 16.4 Å². The fourth-order valence-electron chi connectivity index (χ4n) is 3.34.